The van der Waals surface area contributed by atoms with Gasteiger partial charge in [-0.1, -0.05) is 6.07 Å². The highest BCUT2D eigenvalue weighted by molar-refractivity contribution is 5.98. The standard InChI is InChI=1S/C23H22F2N4O3/c1-28(2)23(31)19-4-3-11-29(19)22(30)18-8-5-14-12-16(7-9-17(14)27-18)32-20-10-6-15(13-26-20)21(24)25/h5-10,12-13,19,21H,3-4,11H2,1-2H3/t19-/m0/s1. The molecule has 0 N–H and O–H groups in total. The van der Waals surface area contributed by atoms with Gasteiger partial charge in [0.2, 0.25) is 11.8 Å². The predicted octanol–water partition coefficient (Wildman–Crippen LogP) is 4.05. The summed E-state index contributed by atoms with van der Waals surface area (Å²) in [5, 5.41) is 0.741. The SMILES string of the molecule is CN(C)C(=O)[C@@H]1CCCN1C(=O)c1ccc2cc(Oc3ccc(C(F)F)cn3)ccc2n1. The van der Waals surface area contributed by atoms with Crippen molar-refractivity contribution in [3.63, 3.8) is 0 Å². The number of halogens is 2. The molecule has 2 aromatic heterocycles. The van der Waals surface area contributed by atoms with Crippen LogP contribution in [0.25, 0.3) is 10.9 Å². The lowest BCUT2D eigenvalue weighted by Gasteiger charge is -2.26. The average molecular weight is 440 g/mol. The highest BCUT2D eigenvalue weighted by atomic mass is 19.3. The molecular weight excluding hydrogens is 418 g/mol. The fourth-order valence-electron chi connectivity index (χ4n) is 3.70. The van der Waals surface area contributed by atoms with Gasteiger partial charge in [-0.25, -0.2) is 18.7 Å². The first-order chi connectivity index (χ1) is 15.3. The zero-order valence-corrected chi connectivity index (χ0v) is 17.7. The number of hydrogen-bond acceptors (Lipinski definition) is 5. The number of benzene rings is 1. The summed E-state index contributed by atoms with van der Waals surface area (Å²) in [5.41, 5.74) is 0.692. The minimum Gasteiger partial charge on any atom is -0.439 e. The fraction of sp³-hybridized carbons (Fsp3) is 0.304. The Morgan fingerprint density at radius 1 is 1.16 bits per heavy atom. The van der Waals surface area contributed by atoms with E-state index in [-0.39, 0.29) is 29.0 Å². The van der Waals surface area contributed by atoms with Gasteiger partial charge < -0.3 is 14.5 Å². The van der Waals surface area contributed by atoms with Crippen LogP contribution in [0.5, 0.6) is 11.6 Å². The molecule has 0 spiro atoms. The Hall–Kier alpha value is -3.62. The molecule has 0 unspecified atom stereocenters. The number of ether oxygens (including phenoxy) is 1. The molecule has 0 saturated carbocycles. The van der Waals surface area contributed by atoms with Gasteiger partial charge in [0.15, 0.2) is 0 Å². The van der Waals surface area contributed by atoms with Crippen molar-refractivity contribution in [3.8, 4) is 11.6 Å². The topological polar surface area (TPSA) is 75.6 Å². The molecule has 2 amide bonds. The van der Waals surface area contributed by atoms with E-state index < -0.39 is 12.5 Å². The number of nitrogens with zero attached hydrogens (tertiary/aromatic N) is 4. The lowest BCUT2D eigenvalue weighted by Crippen LogP contribution is -2.45. The smallest absolute Gasteiger partial charge is 0.273 e. The van der Waals surface area contributed by atoms with Crippen molar-refractivity contribution in [1.29, 1.82) is 0 Å². The molecular formula is C23H22F2N4O3. The molecule has 7 nitrogen and oxygen atoms in total. The first-order valence-corrected chi connectivity index (χ1v) is 10.2. The van der Waals surface area contributed by atoms with Crippen molar-refractivity contribution in [1.82, 2.24) is 19.8 Å². The van der Waals surface area contributed by atoms with Gasteiger partial charge in [-0.2, -0.15) is 0 Å². The van der Waals surface area contributed by atoms with Gasteiger partial charge in [-0.05, 0) is 43.2 Å². The Morgan fingerprint density at radius 2 is 1.97 bits per heavy atom. The summed E-state index contributed by atoms with van der Waals surface area (Å²) in [5.74, 6) is 0.299. The van der Waals surface area contributed by atoms with Gasteiger partial charge in [-0.3, -0.25) is 9.59 Å². The summed E-state index contributed by atoms with van der Waals surface area (Å²) in [6.45, 7) is 0.521. The normalized spacial score (nSPS) is 15.9. The summed E-state index contributed by atoms with van der Waals surface area (Å²) >= 11 is 0. The molecule has 1 aliphatic heterocycles. The van der Waals surface area contributed by atoms with Crippen LogP contribution >= 0.6 is 0 Å². The Balaban J connectivity index is 1.52. The van der Waals surface area contributed by atoms with Gasteiger partial charge >= 0.3 is 0 Å². The maximum atomic E-state index is 13.0. The third-order valence-corrected chi connectivity index (χ3v) is 5.35. The quantitative estimate of drug-likeness (QED) is 0.598. The largest absolute Gasteiger partial charge is 0.439 e. The number of likely N-dealkylation sites (tertiary alicyclic amines) is 1. The number of pyridine rings is 2. The van der Waals surface area contributed by atoms with E-state index in [1.165, 1.54) is 17.0 Å². The van der Waals surface area contributed by atoms with E-state index >= 15 is 0 Å². The van der Waals surface area contributed by atoms with Gasteiger partial charge in [0.05, 0.1) is 5.52 Å². The number of carbonyl (C=O) groups excluding carboxylic acids is 2. The second-order valence-corrected chi connectivity index (χ2v) is 7.77. The van der Waals surface area contributed by atoms with E-state index in [9.17, 15) is 18.4 Å². The van der Waals surface area contributed by atoms with E-state index in [2.05, 4.69) is 9.97 Å². The molecule has 1 aromatic carbocycles. The third-order valence-electron chi connectivity index (χ3n) is 5.35. The molecule has 0 bridgehead atoms. The van der Waals surface area contributed by atoms with Gasteiger partial charge in [0.1, 0.15) is 17.5 Å². The minimum atomic E-state index is -2.59. The Morgan fingerprint density at radius 3 is 2.66 bits per heavy atom. The first-order valence-electron chi connectivity index (χ1n) is 10.2. The van der Waals surface area contributed by atoms with Crippen LogP contribution in [0.15, 0.2) is 48.7 Å². The number of amides is 2. The van der Waals surface area contributed by atoms with Crippen molar-refractivity contribution in [3.05, 3.63) is 59.9 Å². The molecule has 1 aliphatic rings. The molecule has 0 radical (unpaired) electrons. The van der Waals surface area contributed by atoms with E-state index in [0.29, 0.717) is 24.2 Å². The van der Waals surface area contributed by atoms with Crippen molar-refractivity contribution < 1.29 is 23.1 Å². The summed E-state index contributed by atoms with van der Waals surface area (Å²) in [7, 11) is 3.36. The van der Waals surface area contributed by atoms with Gasteiger partial charge in [0.25, 0.3) is 12.3 Å². The van der Waals surface area contributed by atoms with Crippen LogP contribution in [0.3, 0.4) is 0 Å². The number of fused-ring (bicyclic) bond motifs is 1. The van der Waals surface area contributed by atoms with E-state index in [4.69, 9.17) is 4.74 Å². The van der Waals surface area contributed by atoms with Crippen LogP contribution in [0.4, 0.5) is 8.78 Å². The van der Waals surface area contributed by atoms with Crippen LogP contribution in [0.2, 0.25) is 0 Å². The monoisotopic (exact) mass is 440 g/mol. The Labute approximate surface area is 183 Å². The molecule has 3 heterocycles. The Kier molecular flexibility index (Phi) is 5.98. The third kappa shape index (κ3) is 4.37. The Bertz CT molecular complexity index is 1150. The van der Waals surface area contributed by atoms with E-state index in [0.717, 1.165) is 18.0 Å². The highest BCUT2D eigenvalue weighted by Gasteiger charge is 2.35. The maximum absolute atomic E-state index is 13.0. The summed E-state index contributed by atoms with van der Waals surface area (Å²) < 4.78 is 30.9. The number of aromatic nitrogens is 2. The second kappa shape index (κ2) is 8.86. The molecule has 4 rings (SSSR count). The first kappa shape index (κ1) is 21.6. The van der Waals surface area contributed by atoms with Gasteiger partial charge in [-0.15, -0.1) is 0 Å². The fourth-order valence-corrected chi connectivity index (χ4v) is 3.70. The van der Waals surface area contributed by atoms with Crippen molar-refractivity contribution >= 4 is 22.7 Å². The number of likely N-dealkylation sites (N-methyl/N-ethyl adjacent to an activating group) is 1. The van der Waals surface area contributed by atoms with E-state index in [1.54, 1.807) is 49.3 Å². The molecule has 1 fully saturated rings. The van der Waals surface area contributed by atoms with Crippen molar-refractivity contribution in [2.24, 2.45) is 0 Å². The molecule has 0 aliphatic carbocycles. The number of rotatable bonds is 5. The highest BCUT2D eigenvalue weighted by Crippen LogP contribution is 2.27. The number of carbonyl (C=O) groups is 2. The lowest BCUT2D eigenvalue weighted by molar-refractivity contribution is -0.132. The summed E-state index contributed by atoms with van der Waals surface area (Å²) in [6.07, 6.45) is -0.0929. The van der Waals surface area contributed by atoms with Crippen molar-refractivity contribution in [2.45, 2.75) is 25.3 Å². The number of hydrogen-bond donors (Lipinski definition) is 0. The van der Waals surface area contributed by atoms with Crippen LogP contribution in [0.1, 0.15) is 35.3 Å². The van der Waals surface area contributed by atoms with Crippen LogP contribution in [-0.4, -0.2) is 58.3 Å². The zero-order valence-electron chi connectivity index (χ0n) is 17.7. The molecule has 166 valence electrons. The van der Waals surface area contributed by atoms with Crippen LogP contribution in [-0.2, 0) is 4.79 Å². The van der Waals surface area contributed by atoms with Crippen LogP contribution in [0, 0.1) is 0 Å². The zero-order chi connectivity index (χ0) is 22.8. The average Bonchev–Trinajstić information content (AvgIpc) is 3.27. The summed E-state index contributed by atoms with van der Waals surface area (Å²) in [6, 6.07) is 10.7. The molecule has 1 saturated heterocycles. The summed E-state index contributed by atoms with van der Waals surface area (Å²) in [4.78, 5) is 36.9. The lowest BCUT2D eigenvalue weighted by atomic mass is 10.1. The van der Waals surface area contributed by atoms with Gasteiger partial charge in [0, 0.05) is 43.9 Å². The van der Waals surface area contributed by atoms with Crippen molar-refractivity contribution in [2.75, 3.05) is 20.6 Å². The molecule has 9 heteroatoms. The molecule has 32 heavy (non-hydrogen) atoms. The van der Waals surface area contributed by atoms with E-state index in [1.807, 2.05) is 0 Å². The molecule has 3 aromatic rings. The minimum absolute atomic E-state index is 0.0892. The predicted molar refractivity (Wildman–Crippen MR) is 114 cm³/mol. The number of alkyl halides is 2. The maximum Gasteiger partial charge on any atom is 0.273 e. The van der Waals surface area contributed by atoms with Crippen LogP contribution < -0.4 is 4.74 Å². The second-order valence-electron chi connectivity index (χ2n) is 7.77. The molecule has 1 atom stereocenters.